The van der Waals surface area contributed by atoms with E-state index < -0.39 is 6.03 Å². The van der Waals surface area contributed by atoms with Crippen molar-refractivity contribution >= 4 is 45.7 Å². The van der Waals surface area contributed by atoms with E-state index in [1.165, 1.54) is 0 Å². The van der Waals surface area contributed by atoms with E-state index in [-0.39, 0.29) is 11.6 Å². The van der Waals surface area contributed by atoms with Gasteiger partial charge < -0.3 is 20.1 Å². The van der Waals surface area contributed by atoms with Gasteiger partial charge in [0.25, 0.3) is 5.91 Å². The number of carbonyl (C=O) groups is 2. The minimum atomic E-state index is -0.475. The summed E-state index contributed by atoms with van der Waals surface area (Å²) in [5, 5.41) is 10.5. The van der Waals surface area contributed by atoms with E-state index in [9.17, 15) is 9.59 Å². The fraction of sp³-hybridized carbons (Fsp3) is 0.190. The predicted octanol–water partition coefficient (Wildman–Crippen LogP) is 4.43. The molecule has 31 heavy (non-hydrogen) atoms. The Hall–Kier alpha value is -3.30. The van der Waals surface area contributed by atoms with Crippen LogP contribution in [0.4, 0.5) is 15.6 Å². The highest BCUT2D eigenvalue weighted by Gasteiger charge is 2.13. The van der Waals surface area contributed by atoms with Gasteiger partial charge in [0, 0.05) is 22.6 Å². The van der Waals surface area contributed by atoms with Crippen molar-refractivity contribution in [2.24, 2.45) is 0 Å². The molecule has 2 aromatic carbocycles. The van der Waals surface area contributed by atoms with Crippen molar-refractivity contribution in [3.63, 3.8) is 0 Å². The van der Waals surface area contributed by atoms with E-state index in [1.54, 1.807) is 43.9 Å². The Morgan fingerprint density at radius 3 is 2.61 bits per heavy atom. The second-order valence-electron chi connectivity index (χ2n) is 6.32. The lowest BCUT2D eigenvalue weighted by Gasteiger charge is -2.09. The molecule has 8 nitrogen and oxygen atoms in total. The van der Waals surface area contributed by atoms with Gasteiger partial charge in [0.15, 0.2) is 16.6 Å². The normalized spacial score (nSPS) is 10.3. The molecule has 162 valence electrons. The molecule has 1 aromatic heterocycles. The number of hydrogen-bond acceptors (Lipinski definition) is 6. The first-order valence-corrected chi connectivity index (χ1v) is 10.5. The molecular weight excluding hydrogens is 440 g/mol. The number of thiazole rings is 1. The number of amides is 3. The van der Waals surface area contributed by atoms with Gasteiger partial charge >= 0.3 is 6.03 Å². The molecule has 1 heterocycles. The number of aromatic nitrogens is 1. The molecular formula is C21H21ClN4O4S. The Kier molecular flexibility index (Phi) is 7.69. The largest absolute Gasteiger partial charge is 0.493 e. The minimum absolute atomic E-state index is 0.232. The van der Waals surface area contributed by atoms with Gasteiger partial charge in [-0.05, 0) is 42.3 Å². The topological polar surface area (TPSA) is 102 Å². The van der Waals surface area contributed by atoms with Gasteiger partial charge in [-0.3, -0.25) is 10.1 Å². The predicted molar refractivity (Wildman–Crippen MR) is 122 cm³/mol. The smallest absolute Gasteiger partial charge is 0.325 e. The first-order valence-electron chi connectivity index (χ1n) is 9.26. The quantitative estimate of drug-likeness (QED) is 0.461. The number of nitrogens with one attached hydrogen (secondary N) is 3. The number of halogens is 1. The second-order valence-corrected chi connectivity index (χ2v) is 7.62. The van der Waals surface area contributed by atoms with Gasteiger partial charge in [-0.25, -0.2) is 9.78 Å². The SMILES string of the molecule is COc1ccc(CCNC(=O)c2csc(NC(=O)Nc3cccc(Cl)c3)n2)cc1OC. The number of urea groups is 1. The maximum atomic E-state index is 12.3. The van der Waals surface area contributed by atoms with Crippen molar-refractivity contribution < 1.29 is 19.1 Å². The fourth-order valence-corrected chi connectivity index (χ4v) is 3.58. The van der Waals surface area contributed by atoms with Crippen LogP contribution in [0.2, 0.25) is 5.02 Å². The molecule has 0 atom stereocenters. The number of nitrogens with zero attached hydrogens (tertiary/aromatic N) is 1. The van der Waals surface area contributed by atoms with Crippen molar-refractivity contribution in [3.05, 3.63) is 64.1 Å². The van der Waals surface area contributed by atoms with E-state index in [2.05, 4.69) is 20.9 Å². The van der Waals surface area contributed by atoms with E-state index in [0.29, 0.717) is 40.3 Å². The second kappa shape index (κ2) is 10.6. The summed E-state index contributed by atoms with van der Waals surface area (Å²) < 4.78 is 10.5. The van der Waals surface area contributed by atoms with Crippen molar-refractivity contribution in [1.82, 2.24) is 10.3 Å². The Morgan fingerprint density at radius 2 is 1.87 bits per heavy atom. The summed E-state index contributed by atoms with van der Waals surface area (Å²) in [6.07, 6.45) is 0.614. The van der Waals surface area contributed by atoms with Crippen LogP contribution in [-0.4, -0.2) is 37.7 Å². The van der Waals surface area contributed by atoms with Crippen LogP contribution in [0.15, 0.2) is 47.8 Å². The van der Waals surface area contributed by atoms with Gasteiger partial charge in [0.2, 0.25) is 0 Å². The summed E-state index contributed by atoms with van der Waals surface area (Å²) in [7, 11) is 3.15. The van der Waals surface area contributed by atoms with Crippen LogP contribution in [-0.2, 0) is 6.42 Å². The summed E-state index contributed by atoms with van der Waals surface area (Å²) in [4.78, 5) is 28.6. The molecule has 0 aliphatic carbocycles. The highest BCUT2D eigenvalue weighted by Crippen LogP contribution is 2.27. The highest BCUT2D eigenvalue weighted by molar-refractivity contribution is 7.14. The molecule has 3 aromatic rings. The van der Waals surface area contributed by atoms with E-state index >= 15 is 0 Å². The van der Waals surface area contributed by atoms with E-state index in [4.69, 9.17) is 21.1 Å². The number of benzene rings is 2. The summed E-state index contributed by atoms with van der Waals surface area (Å²) in [5.41, 5.74) is 1.78. The Labute approximate surface area is 188 Å². The average Bonchev–Trinajstić information content (AvgIpc) is 3.22. The number of anilines is 2. The first-order chi connectivity index (χ1) is 15.0. The van der Waals surface area contributed by atoms with Gasteiger partial charge in [-0.1, -0.05) is 23.7 Å². The van der Waals surface area contributed by atoms with Crippen molar-refractivity contribution in [2.75, 3.05) is 31.4 Å². The zero-order valence-corrected chi connectivity index (χ0v) is 18.5. The standard InChI is InChI=1S/C21H21ClN4O4S/c1-29-17-7-6-13(10-18(17)30-2)8-9-23-19(27)16-12-31-21(25-16)26-20(28)24-15-5-3-4-14(22)11-15/h3-7,10-12H,8-9H2,1-2H3,(H,23,27)(H2,24,25,26,28). The van der Waals surface area contributed by atoms with Crippen molar-refractivity contribution in [2.45, 2.75) is 6.42 Å². The van der Waals surface area contributed by atoms with Crippen LogP contribution in [0, 0.1) is 0 Å². The number of hydrogen-bond donors (Lipinski definition) is 3. The Bertz CT molecular complexity index is 1070. The van der Waals surface area contributed by atoms with Crippen LogP contribution in [0.25, 0.3) is 0 Å². The maximum Gasteiger partial charge on any atom is 0.325 e. The van der Waals surface area contributed by atoms with Gasteiger partial charge in [0.1, 0.15) is 5.69 Å². The lowest BCUT2D eigenvalue weighted by atomic mass is 10.1. The fourth-order valence-electron chi connectivity index (χ4n) is 2.71. The maximum absolute atomic E-state index is 12.3. The number of methoxy groups -OCH3 is 2. The molecule has 0 fully saturated rings. The van der Waals surface area contributed by atoms with Gasteiger partial charge in [-0.2, -0.15) is 0 Å². The molecule has 0 aliphatic heterocycles. The third kappa shape index (κ3) is 6.34. The molecule has 0 saturated heterocycles. The van der Waals surface area contributed by atoms with E-state index in [1.807, 2.05) is 18.2 Å². The van der Waals surface area contributed by atoms with Crippen molar-refractivity contribution in [3.8, 4) is 11.5 Å². The molecule has 3 amide bonds. The van der Waals surface area contributed by atoms with Crippen LogP contribution in [0.5, 0.6) is 11.5 Å². The average molecular weight is 461 g/mol. The molecule has 0 unspecified atom stereocenters. The zero-order valence-electron chi connectivity index (χ0n) is 16.9. The molecule has 10 heteroatoms. The van der Waals surface area contributed by atoms with Crippen LogP contribution < -0.4 is 25.4 Å². The molecule has 0 saturated carbocycles. The van der Waals surface area contributed by atoms with E-state index in [0.717, 1.165) is 16.9 Å². The lowest BCUT2D eigenvalue weighted by Crippen LogP contribution is -2.26. The lowest BCUT2D eigenvalue weighted by molar-refractivity contribution is 0.0950. The Morgan fingerprint density at radius 1 is 1.06 bits per heavy atom. The third-order valence-corrected chi connectivity index (χ3v) is 5.18. The van der Waals surface area contributed by atoms with Gasteiger partial charge in [0.05, 0.1) is 14.2 Å². The summed E-state index contributed by atoms with van der Waals surface area (Å²) in [6.45, 7) is 0.420. The first kappa shape index (κ1) is 22.4. The summed E-state index contributed by atoms with van der Waals surface area (Å²) in [5.74, 6) is 0.967. The monoisotopic (exact) mass is 460 g/mol. The third-order valence-electron chi connectivity index (χ3n) is 4.19. The molecule has 0 bridgehead atoms. The minimum Gasteiger partial charge on any atom is -0.493 e. The molecule has 3 N–H and O–H groups in total. The summed E-state index contributed by atoms with van der Waals surface area (Å²) >= 11 is 7.06. The highest BCUT2D eigenvalue weighted by atomic mass is 35.5. The van der Waals surface area contributed by atoms with Crippen LogP contribution in [0.1, 0.15) is 16.1 Å². The van der Waals surface area contributed by atoms with Crippen LogP contribution >= 0.6 is 22.9 Å². The number of ether oxygens (including phenoxy) is 2. The van der Waals surface area contributed by atoms with Crippen LogP contribution in [0.3, 0.4) is 0 Å². The molecule has 0 spiro atoms. The zero-order chi connectivity index (χ0) is 22.2. The number of rotatable bonds is 8. The Balaban J connectivity index is 1.49. The molecule has 3 rings (SSSR count). The number of carbonyl (C=O) groups excluding carboxylic acids is 2. The molecule has 0 radical (unpaired) electrons. The molecule has 0 aliphatic rings. The van der Waals surface area contributed by atoms with Crippen molar-refractivity contribution in [1.29, 1.82) is 0 Å². The van der Waals surface area contributed by atoms with Gasteiger partial charge in [-0.15, -0.1) is 11.3 Å². The summed E-state index contributed by atoms with van der Waals surface area (Å²) in [6, 6.07) is 11.9.